The van der Waals surface area contributed by atoms with Gasteiger partial charge >= 0.3 is 11.9 Å². The first kappa shape index (κ1) is 15.9. The van der Waals surface area contributed by atoms with E-state index in [-0.39, 0.29) is 23.9 Å². The molecule has 0 heterocycles. The average molecular weight is 245 g/mol. The van der Waals surface area contributed by atoms with Crippen LogP contribution in [0.25, 0.3) is 0 Å². The van der Waals surface area contributed by atoms with E-state index in [2.05, 4.69) is 0 Å². The number of ether oxygens (including phenoxy) is 2. The van der Waals surface area contributed by atoms with Gasteiger partial charge < -0.3 is 9.47 Å². The zero-order valence-electron chi connectivity index (χ0n) is 11.5. The van der Waals surface area contributed by atoms with Crippen LogP contribution in [0, 0.1) is 5.92 Å². The van der Waals surface area contributed by atoms with Gasteiger partial charge in [-0.25, -0.2) is 0 Å². The molecule has 5 heteroatoms. The summed E-state index contributed by atoms with van der Waals surface area (Å²) in [6.07, 6.45) is -0.192. The summed E-state index contributed by atoms with van der Waals surface area (Å²) >= 11 is 0. The minimum Gasteiger partial charge on any atom is -0.425 e. The quantitative estimate of drug-likeness (QED) is 0.523. The Morgan fingerprint density at radius 2 is 1.53 bits per heavy atom. The molecule has 0 bridgehead atoms. The van der Waals surface area contributed by atoms with Crippen LogP contribution >= 0.6 is 0 Å². The van der Waals surface area contributed by atoms with E-state index in [9.17, 15) is 9.59 Å². The normalized spacial score (nSPS) is 14.6. The molecule has 0 aliphatic heterocycles. The summed E-state index contributed by atoms with van der Waals surface area (Å²) in [6.45, 7) is 6.90. The van der Waals surface area contributed by atoms with Gasteiger partial charge in [0.15, 0.2) is 0 Å². The molecule has 0 spiro atoms. The molecule has 1 unspecified atom stereocenters. The molecule has 2 atom stereocenters. The Morgan fingerprint density at radius 1 is 1.06 bits per heavy atom. The minimum absolute atomic E-state index is 0.230. The fourth-order valence-corrected chi connectivity index (χ4v) is 1.31. The van der Waals surface area contributed by atoms with E-state index in [0.29, 0.717) is 6.42 Å². The van der Waals surface area contributed by atoms with E-state index in [1.165, 1.54) is 0 Å². The van der Waals surface area contributed by atoms with E-state index >= 15 is 0 Å². The molecule has 0 aromatic carbocycles. The van der Waals surface area contributed by atoms with Gasteiger partial charge in [0.05, 0.1) is 5.92 Å². The highest BCUT2D eigenvalue weighted by Gasteiger charge is 2.24. The van der Waals surface area contributed by atoms with Gasteiger partial charge in [-0.1, -0.05) is 20.8 Å². The number of rotatable bonds is 6. The molecular formula is C12H23NO4. The lowest BCUT2D eigenvalue weighted by Crippen LogP contribution is -2.38. The second-order valence-corrected chi connectivity index (χ2v) is 4.48. The average Bonchev–Trinajstić information content (AvgIpc) is 2.16. The van der Waals surface area contributed by atoms with E-state index in [0.717, 1.165) is 0 Å². The highest BCUT2D eigenvalue weighted by Crippen LogP contribution is 2.07. The Kier molecular flexibility index (Phi) is 6.80. The topological polar surface area (TPSA) is 55.8 Å². The lowest BCUT2D eigenvalue weighted by atomic mass is 10.2. The van der Waals surface area contributed by atoms with Crippen LogP contribution in [0.2, 0.25) is 0 Å². The summed E-state index contributed by atoms with van der Waals surface area (Å²) in [7, 11) is 3.61. The Hall–Kier alpha value is -1.10. The van der Waals surface area contributed by atoms with E-state index in [1.807, 2.05) is 6.92 Å². The van der Waals surface area contributed by atoms with Gasteiger partial charge in [-0.15, -0.1) is 0 Å². The molecule has 0 amide bonds. The first-order chi connectivity index (χ1) is 7.79. The monoisotopic (exact) mass is 245 g/mol. The third-order valence-electron chi connectivity index (χ3n) is 2.32. The first-order valence-corrected chi connectivity index (χ1v) is 5.87. The third kappa shape index (κ3) is 5.68. The van der Waals surface area contributed by atoms with Crippen molar-refractivity contribution in [3.63, 3.8) is 0 Å². The van der Waals surface area contributed by atoms with Crippen LogP contribution in [-0.4, -0.2) is 43.3 Å². The smallest absolute Gasteiger partial charge is 0.326 e. The second-order valence-electron chi connectivity index (χ2n) is 4.48. The third-order valence-corrected chi connectivity index (χ3v) is 2.32. The number of esters is 2. The number of hydrogen-bond donors (Lipinski definition) is 0. The van der Waals surface area contributed by atoms with Gasteiger partial charge in [0.25, 0.3) is 0 Å². The number of likely N-dealkylation sites (N-methyl/N-ethyl adjacent to an activating group) is 1. The van der Waals surface area contributed by atoms with Crippen molar-refractivity contribution in [1.82, 2.24) is 4.90 Å². The van der Waals surface area contributed by atoms with Gasteiger partial charge in [0, 0.05) is 6.92 Å². The lowest BCUT2D eigenvalue weighted by molar-refractivity contribution is -0.189. The molecule has 5 nitrogen and oxygen atoms in total. The first-order valence-electron chi connectivity index (χ1n) is 5.87. The highest BCUT2D eigenvalue weighted by molar-refractivity contribution is 5.76. The van der Waals surface area contributed by atoms with E-state index in [1.54, 1.807) is 39.8 Å². The molecule has 0 radical (unpaired) electrons. The SMILES string of the molecule is CC[C@H](C(=O)OC(C)OC(=O)C(C)C)N(C)C. The molecule has 0 aromatic rings. The maximum Gasteiger partial charge on any atom is 0.326 e. The second kappa shape index (κ2) is 7.27. The van der Waals surface area contributed by atoms with Crippen LogP contribution in [0.1, 0.15) is 34.1 Å². The van der Waals surface area contributed by atoms with Crippen molar-refractivity contribution in [2.75, 3.05) is 14.1 Å². The van der Waals surface area contributed by atoms with Crippen molar-refractivity contribution < 1.29 is 19.1 Å². The molecule has 0 aliphatic carbocycles. The van der Waals surface area contributed by atoms with Crippen LogP contribution in [0.3, 0.4) is 0 Å². The highest BCUT2D eigenvalue weighted by atomic mass is 16.7. The summed E-state index contributed by atoms with van der Waals surface area (Å²) in [5.74, 6) is -0.975. The van der Waals surface area contributed by atoms with Crippen LogP contribution in [0.4, 0.5) is 0 Å². The van der Waals surface area contributed by atoms with Crippen molar-refractivity contribution >= 4 is 11.9 Å². The van der Waals surface area contributed by atoms with Crippen LogP contribution in [0.15, 0.2) is 0 Å². The predicted molar refractivity (Wildman–Crippen MR) is 64.3 cm³/mol. The Bertz CT molecular complexity index is 263. The molecular weight excluding hydrogens is 222 g/mol. The maximum atomic E-state index is 11.7. The lowest BCUT2D eigenvalue weighted by Gasteiger charge is -2.23. The Balaban J connectivity index is 4.24. The number of nitrogens with zero attached hydrogens (tertiary/aromatic N) is 1. The zero-order chi connectivity index (χ0) is 13.6. The number of carbonyl (C=O) groups is 2. The van der Waals surface area contributed by atoms with Gasteiger partial charge in [-0.05, 0) is 20.5 Å². The van der Waals surface area contributed by atoms with Crippen molar-refractivity contribution in [2.24, 2.45) is 5.92 Å². The Morgan fingerprint density at radius 3 is 1.88 bits per heavy atom. The minimum atomic E-state index is -0.841. The molecule has 0 N–H and O–H groups in total. The fourth-order valence-electron chi connectivity index (χ4n) is 1.31. The fraction of sp³-hybridized carbons (Fsp3) is 0.833. The molecule has 100 valence electrons. The summed E-state index contributed by atoms with van der Waals surface area (Å²) < 4.78 is 10.0. The van der Waals surface area contributed by atoms with Crippen molar-refractivity contribution in [3.8, 4) is 0 Å². The van der Waals surface area contributed by atoms with Crippen molar-refractivity contribution in [1.29, 1.82) is 0 Å². The van der Waals surface area contributed by atoms with E-state index in [4.69, 9.17) is 9.47 Å². The number of hydrogen-bond acceptors (Lipinski definition) is 5. The maximum absolute atomic E-state index is 11.7. The molecule has 0 fully saturated rings. The molecule has 0 saturated heterocycles. The molecule has 0 saturated carbocycles. The molecule has 0 rings (SSSR count). The summed E-state index contributed by atoms with van der Waals surface area (Å²) in [4.78, 5) is 24.8. The van der Waals surface area contributed by atoms with Crippen LogP contribution in [0.5, 0.6) is 0 Å². The Labute approximate surface area is 103 Å². The van der Waals surface area contributed by atoms with Crippen molar-refractivity contribution in [3.05, 3.63) is 0 Å². The zero-order valence-corrected chi connectivity index (χ0v) is 11.5. The van der Waals surface area contributed by atoms with Crippen LogP contribution < -0.4 is 0 Å². The predicted octanol–water partition coefficient (Wildman–Crippen LogP) is 1.42. The summed E-state index contributed by atoms with van der Waals surface area (Å²) in [5, 5.41) is 0. The molecule has 17 heavy (non-hydrogen) atoms. The van der Waals surface area contributed by atoms with Crippen molar-refractivity contribution in [2.45, 2.75) is 46.4 Å². The van der Waals surface area contributed by atoms with Gasteiger partial charge in [0.1, 0.15) is 6.04 Å². The van der Waals surface area contributed by atoms with Gasteiger partial charge in [0.2, 0.25) is 6.29 Å². The summed E-state index contributed by atoms with van der Waals surface area (Å²) in [5.41, 5.74) is 0. The molecule has 0 aliphatic rings. The standard InChI is InChI=1S/C12H23NO4/c1-7-10(13(5)6)12(15)17-9(4)16-11(14)8(2)3/h8-10H,7H2,1-6H3/t9?,10-/m1/s1. The van der Waals surface area contributed by atoms with E-state index < -0.39 is 6.29 Å². The number of carbonyl (C=O) groups excluding carboxylic acids is 2. The van der Waals surface area contributed by atoms with Gasteiger partial charge in [-0.3, -0.25) is 14.5 Å². The largest absolute Gasteiger partial charge is 0.425 e. The van der Waals surface area contributed by atoms with Crippen LogP contribution in [-0.2, 0) is 19.1 Å². The summed E-state index contributed by atoms with van der Waals surface area (Å²) in [6, 6.07) is -0.310. The van der Waals surface area contributed by atoms with Gasteiger partial charge in [-0.2, -0.15) is 0 Å². The molecule has 0 aromatic heterocycles.